The van der Waals surface area contributed by atoms with Gasteiger partial charge in [0.1, 0.15) is 5.76 Å². The number of aliphatic hydroxyl groups excluding tert-OH is 1. The first-order chi connectivity index (χ1) is 17.7. The lowest BCUT2D eigenvalue weighted by Crippen LogP contribution is -2.29. The summed E-state index contributed by atoms with van der Waals surface area (Å²) in [6.07, 6.45) is 0. The van der Waals surface area contributed by atoms with Crippen molar-refractivity contribution in [3.63, 3.8) is 0 Å². The van der Waals surface area contributed by atoms with Crippen molar-refractivity contribution in [1.82, 2.24) is 4.98 Å². The first kappa shape index (κ1) is 24.5. The number of benzene rings is 3. The number of aryl methyl sites for hydroxylation is 3. The fourth-order valence-electron chi connectivity index (χ4n) is 4.70. The van der Waals surface area contributed by atoms with E-state index in [1.165, 1.54) is 30.5 Å². The van der Waals surface area contributed by atoms with Gasteiger partial charge in [0.15, 0.2) is 16.6 Å². The van der Waals surface area contributed by atoms with Crippen LogP contribution in [-0.4, -0.2) is 36.0 Å². The average Bonchev–Trinajstić information content (AvgIpc) is 3.42. The van der Waals surface area contributed by atoms with Gasteiger partial charge in [-0.1, -0.05) is 53.3 Å². The molecule has 1 atom stereocenters. The number of ether oxygens (including phenoxy) is 2. The van der Waals surface area contributed by atoms with Crippen molar-refractivity contribution < 1.29 is 24.2 Å². The van der Waals surface area contributed by atoms with E-state index in [2.05, 4.69) is 0 Å². The summed E-state index contributed by atoms with van der Waals surface area (Å²) in [4.78, 5) is 33.2. The van der Waals surface area contributed by atoms with E-state index in [-0.39, 0.29) is 11.3 Å². The molecule has 5 rings (SSSR count). The molecular weight excluding hydrogens is 488 g/mol. The zero-order valence-corrected chi connectivity index (χ0v) is 22.0. The Hall–Kier alpha value is -4.17. The van der Waals surface area contributed by atoms with Crippen molar-refractivity contribution in [2.45, 2.75) is 26.8 Å². The van der Waals surface area contributed by atoms with E-state index in [4.69, 9.17) is 14.5 Å². The van der Waals surface area contributed by atoms with Crippen molar-refractivity contribution in [3.05, 3.63) is 88.0 Å². The zero-order valence-electron chi connectivity index (χ0n) is 21.2. The second kappa shape index (κ2) is 9.37. The van der Waals surface area contributed by atoms with Crippen molar-refractivity contribution >= 4 is 44.1 Å². The maximum Gasteiger partial charge on any atom is 0.301 e. The molecule has 0 spiro atoms. The number of amides is 1. The van der Waals surface area contributed by atoms with Crippen LogP contribution >= 0.6 is 11.3 Å². The number of carbonyl (C=O) groups excluding carboxylic acids is 2. The second-order valence-corrected chi connectivity index (χ2v) is 10.1. The number of Topliss-reactive ketones (excluding diaryl/α,β-unsaturated/α-hetero) is 1. The van der Waals surface area contributed by atoms with E-state index >= 15 is 0 Å². The smallest absolute Gasteiger partial charge is 0.301 e. The van der Waals surface area contributed by atoms with Crippen molar-refractivity contribution in [2.75, 3.05) is 19.1 Å². The van der Waals surface area contributed by atoms with E-state index in [0.717, 1.165) is 26.9 Å². The summed E-state index contributed by atoms with van der Waals surface area (Å²) in [7, 11) is 3.05. The monoisotopic (exact) mass is 514 g/mol. The van der Waals surface area contributed by atoms with Crippen LogP contribution in [-0.2, 0) is 9.59 Å². The highest BCUT2D eigenvalue weighted by molar-refractivity contribution is 7.22. The number of aliphatic hydroxyl groups is 1. The lowest BCUT2D eigenvalue weighted by Gasteiger charge is -2.23. The summed E-state index contributed by atoms with van der Waals surface area (Å²) < 4.78 is 11.8. The molecule has 0 radical (unpaired) electrons. The number of ketones is 1. The number of methoxy groups -OCH3 is 2. The number of anilines is 1. The maximum absolute atomic E-state index is 13.5. The molecule has 0 aliphatic carbocycles. The largest absolute Gasteiger partial charge is 0.507 e. The van der Waals surface area contributed by atoms with Crippen LogP contribution in [0, 0.1) is 20.8 Å². The van der Waals surface area contributed by atoms with E-state index in [1.807, 2.05) is 45.0 Å². The molecule has 0 bridgehead atoms. The van der Waals surface area contributed by atoms with Gasteiger partial charge >= 0.3 is 5.91 Å². The van der Waals surface area contributed by atoms with Crippen LogP contribution in [0.25, 0.3) is 16.0 Å². The van der Waals surface area contributed by atoms with Crippen LogP contribution in [0.5, 0.6) is 11.5 Å². The van der Waals surface area contributed by atoms with Gasteiger partial charge in [0.05, 0.1) is 36.1 Å². The summed E-state index contributed by atoms with van der Waals surface area (Å²) in [6, 6.07) is 15.5. The molecule has 1 amide bonds. The Labute approximate surface area is 218 Å². The summed E-state index contributed by atoms with van der Waals surface area (Å²) in [6.45, 7) is 5.91. The summed E-state index contributed by atoms with van der Waals surface area (Å²) in [5.41, 5.74) is 4.87. The van der Waals surface area contributed by atoms with Gasteiger partial charge in [-0.3, -0.25) is 14.5 Å². The Morgan fingerprint density at radius 3 is 2.30 bits per heavy atom. The highest BCUT2D eigenvalue weighted by Gasteiger charge is 2.48. The summed E-state index contributed by atoms with van der Waals surface area (Å²) >= 11 is 1.34. The summed E-state index contributed by atoms with van der Waals surface area (Å²) in [5, 5.41) is 11.7. The van der Waals surface area contributed by atoms with Crippen LogP contribution in [0.4, 0.5) is 5.13 Å². The number of hydrogen-bond acceptors (Lipinski definition) is 7. The van der Waals surface area contributed by atoms with Gasteiger partial charge in [-0.2, -0.15) is 0 Å². The number of thiazole rings is 1. The lowest BCUT2D eigenvalue weighted by atomic mass is 9.95. The van der Waals surface area contributed by atoms with E-state index in [1.54, 1.807) is 30.3 Å². The lowest BCUT2D eigenvalue weighted by molar-refractivity contribution is -0.132. The Balaban J connectivity index is 1.76. The number of carbonyl (C=O) groups is 2. The normalized spacial score (nSPS) is 17.0. The minimum Gasteiger partial charge on any atom is -0.507 e. The van der Waals surface area contributed by atoms with Crippen LogP contribution in [0.3, 0.4) is 0 Å². The molecule has 3 aromatic carbocycles. The van der Waals surface area contributed by atoms with Crippen molar-refractivity contribution in [2.24, 2.45) is 0 Å². The third kappa shape index (κ3) is 4.13. The third-order valence-corrected chi connectivity index (χ3v) is 7.52. The Morgan fingerprint density at radius 1 is 0.919 bits per heavy atom. The van der Waals surface area contributed by atoms with Crippen molar-refractivity contribution in [3.8, 4) is 11.5 Å². The first-order valence-electron chi connectivity index (χ1n) is 11.7. The number of hydrogen-bond donors (Lipinski definition) is 1. The predicted octanol–water partition coefficient (Wildman–Crippen LogP) is 5.87. The standard InChI is InChI=1S/C29H26N2O5S/c1-15-6-8-18(9-7-15)26(32)23-25(19-10-11-20(35-4)21(14-19)36-5)31(28(34)27(23)33)29-30-24-17(3)12-16(2)13-22(24)37-29/h6-14,25,32H,1-5H3/b26-23+/t25-/m0/s1. The van der Waals surface area contributed by atoms with Crippen LogP contribution < -0.4 is 14.4 Å². The van der Waals surface area contributed by atoms with Crippen molar-refractivity contribution in [1.29, 1.82) is 0 Å². The van der Waals surface area contributed by atoms with Crippen LogP contribution in [0.1, 0.15) is 33.9 Å². The molecule has 37 heavy (non-hydrogen) atoms. The molecule has 2 heterocycles. The Morgan fingerprint density at radius 2 is 1.62 bits per heavy atom. The predicted molar refractivity (Wildman–Crippen MR) is 145 cm³/mol. The highest BCUT2D eigenvalue weighted by Crippen LogP contribution is 2.46. The number of aromatic nitrogens is 1. The minimum absolute atomic E-state index is 0.00627. The van der Waals surface area contributed by atoms with Gasteiger partial charge in [-0.15, -0.1) is 0 Å². The molecule has 188 valence electrons. The molecule has 7 nitrogen and oxygen atoms in total. The van der Waals surface area contributed by atoms with Gasteiger partial charge in [-0.25, -0.2) is 4.98 Å². The number of nitrogens with zero attached hydrogens (tertiary/aromatic N) is 2. The second-order valence-electron chi connectivity index (χ2n) is 9.07. The van der Waals surface area contributed by atoms with Crippen LogP contribution in [0.2, 0.25) is 0 Å². The molecule has 1 aliphatic heterocycles. The molecule has 4 aromatic rings. The third-order valence-electron chi connectivity index (χ3n) is 6.52. The molecule has 8 heteroatoms. The van der Waals surface area contributed by atoms with Crippen LogP contribution in [0.15, 0.2) is 60.2 Å². The first-order valence-corrected chi connectivity index (χ1v) is 12.5. The van der Waals surface area contributed by atoms with Gasteiger partial charge < -0.3 is 14.6 Å². The number of rotatable bonds is 5. The van der Waals surface area contributed by atoms with Gasteiger partial charge in [0.2, 0.25) is 0 Å². The molecule has 0 saturated carbocycles. The highest BCUT2D eigenvalue weighted by atomic mass is 32.1. The number of fused-ring (bicyclic) bond motifs is 1. The van der Waals surface area contributed by atoms with E-state index in [0.29, 0.717) is 27.8 Å². The van der Waals surface area contributed by atoms with Gasteiger partial charge in [0, 0.05) is 5.56 Å². The van der Waals surface area contributed by atoms with Gasteiger partial charge in [-0.05, 0) is 55.7 Å². The van der Waals surface area contributed by atoms with E-state index < -0.39 is 17.7 Å². The molecule has 1 saturated heterocycles. The molecule has 1 fully saturated rings. The Bertz CT molecular complexity index is 1590. The fourth-order valence-corrected chi connectivity index (χ4v) is 5.87. The molecule has 1 N–H and O–H groups in total. The quantitative estimate of drug-likeness (QED) is 0.204. The molecule has 1 aliphatic rings. The average molecular weight is 515 g/mol. The SMILES string of the molecule is COc1ccc([C@H]2/C(=C(\O)c3ccc(C)cc3)C(=O)C(=O)N2c2nc3c(C)cc(C)cc3s2)cc1OC. The fraction of sp³-hybridized carbons (Fsp3) is 0.207. The Kier molecular flexibility index (Phi) is 6.21. The molecular formula is C29H26N2O5S. The topological polar surface area (TPSA) is 89.0 Å². The van der Waals surface area contributed by atoms with E-state index in [9.17, 15) is 14.7 Å². The van der Waals surface area contributed by atoms with Gasteiger partial charge in [0.25, 0.3) is 5.78 Å². The minimum atomic E-state index is -0.914. The molecule has 1 aromatic heterocycles. The maximum atomic E-state index is 13.5. The molecule has 0 unspecified atom stereocenters. The summed E-state index contributed by atoms with van der Waals surface area (Å²) in [5.74, 6) is -0.815. The zero-order chi connectivity index (χ0) is 26.4.